The summed E-state index contributed by atoms with van der Waals surface area (Å²) in [5.41, 5.74) is 5.14. The molecule has 0 aliphatic rings. The highest BCUT2D eigenvalue weighted by molar-refractivity contribution is 4.63. The summed E-state index contributed by atoms with van der Waals surface area (Å²) < 4.78 is 24.0. The average Bonchev–Trinajstić information content (AvgIpc) is 1.81. The van der Waals surface area contributed by atoms with Gasteiger partial charge in [0, 0.05) is 12.5 Å². The number of alkyl halides is 2. The van der Waals surface area contributed by atoms with E-state index in [9.17, 15) is 8.78 Å². The SMILES string of the molecule is CC(C)CC(CN)C(F)F. The summed E-state index contributed by atoms with van der Waals surface area (Å²) in [6, 6.07) is 0. The van der Waals surface area contributed by atoms with Crippen molar-refractivity contribution in [3.05, 3.63) is 0 Å². The highest BCUT2D eigenvalue weighted by Gasteiger charge is 2.19. The van der Waals surface area contributed by atoms with Crippen molar-refractivity contribution in [2.45, 2.75) is 26.7 Å². The van der Waals surface area contributed by atoms with Crippen LogP contribution in [0.25, 0.3) is 0 Å². The summed E-state index contributed by atoms with van der Waals surface area (Å²) in [6.07, 6.45) is -1.74. The topological polar surface area (TPSA) is 26.0 Å². The van der Waals surface area contributed by atoms with Crippen LogP contribution in [0, 0.1) is 11.8 Å². The number of rotatable bonds is 4. The first-order valence-electron chi connectivity index (χ1n) is 3.56. The molecule has 0 bridgehead atoms. The lowest BCUT2D eigenvalue weighted by Gasteiger charge is -2.15. The van der Waals surface area contributed by atoms with Crippen LogP contribution in [0.2, 0.25) is 0 Å². The van der Waals surface area contributed by atoms with Crippen LogP contribution in [0.1, 0.15) is 20.3 Å². The van der Waals surface area contributed by atoms with Crippen molar-refractivity contribution in [2.75, 3.05) is 6.54 Å². The number of hydrogen-bond donors (Lipinski definition) is 1. The van der Waals surface area contributed by atoms with Gasteiger partial charge in [0.25, 0.3) is 0 Å². The quantitative estimate of drug-likeness (QED) is 0.652. The van der Waals surface area contributed by atoms with Gasteiger partial charge in [0.05, 0.1) is 0 Å². The maximum atomic E-state index is 12.0. The van der Waals surface area contributed by atoms with E-state index in [4.69, 9.17) is 5.73 Å². The minimum absolute atomic E-state index is 0.0931. The van der Waals surface area contributed by atoms with Crippen molar-refractivity contribution in [3.8, 4) is 0 Å². The maximum Gasteiger partial charge on any atom is 0.242 e. The molecular formula is C7H15F2N. The molecule has 0 aromatic rings. The Hall–Kier alpha value is -0.180. The number of nitrogens with two attached hydrogens (primary N) is 1. The minimum atomic E-state index is -2.26. The van der Waals surface area contributed by atoms with E-state index in [1.165, 1.54) is 0 Å². The van der Waals surface area contributed by atoms with Crippen molar-refractivity contribution in [1.29, 1.82) is 0 Å². The molecule has 0 spiro atoms. The molecule has 0 radical (unpaired) electrons. The Morgan fingerprint density at radius 1 is 1.30 bits per heavy atom. The molecule has 0 amide bonds. The molecular weight excluding hydrogens is 136 g/mol. The molecule has 0 saturated carbocycles. The number of halogens is 2. The summed E-state index contributed by atoms with van der Waals surface area (Å²) >= 11 is 0. The highest BCUT2D eigenvalue weighted by atomic mass is 19.3. The van der Waals surface area contributed by atoms with Crippen LogP contribution in [0.4, 0.5) is 8.78 Å². The molecule has 0 fully saturated rings. The van der Waals surface area contributed by atoms with E-state index in [2.05, 4.69) is 0 Å². The van der Waals surface area contributed by atoms with Crippen molar-refractivity contribution < 1.29 is 8.78 Å². The molecule has 3 heteroatoms. The largest absolute Gasteiger partial charge is 0.330 e. The standard InChI is InChI=1S/C7H15F2N/c1-5(2)3-6(4-10)7(8)9/h5-7H,3-4,10H2,1-2H3. The Morgan fingerprint density at radius 2 is 1.80 bits per heavy atom. The molecule has 0 aromatic carbocycles. The highest BCUT2D eigenvalue weighted by Crippen LogP contribution is 2.17. The van der Waals surface area contributed by atoms with E-state index in [0.29, 0.717) is 12.3 Å². The summed E-state index contributed by atoms with van der Waals surface area (Å²) in [6.45, 7) is 3.94. The van der Waals surface area contributed by atoms with Crippen LogP contribution in [0.5, 0.6) is 0 Å². The summed E-state index contributed by atoms with van der Waals surface area (Å²) in [5.74, 6) is -0.303. The molecule has 2 N–H and O–H groups in total. The lowest BCUT2D eigenvalue weighted by Crippen LogP contribution is -2.23. The van der Waals surface area contributed by atoms with Gasteiger partial charge in [-0.15, -0.1) is 0 Å². The lowest BCUT2D eigenvalue weighted by molar-refractivity contribution is 0.0699. The first-order chi connectivity index (χ1) is 4.57. The van der Waals surface area contributed by atoms with Gasteiger partial charge in [0.1, 0.15) is 0 Å². The molecule has 0 heterocycles. The average molecular weight is 151 g/mol. The van der Waals surface area contributed by atoms with Gasteiger partial charge in [-0.2, -0.15) is 0 Å². The summed E-state index contributed by atoms with van der Waals surface area (Å²) in [5, 5.41) is 0. The van der Waals surface area contributed by atoms with Crippen LogP contribution in [0.3, 0.4) is 0 Å². The smallest absolute Gasteiger partial charge is 0.242 e. The lowest BCUT2D eigenvalue weighted by atomic mass is 9.98. The second kappa shape index (κ2) is 4.61. The second-order valence-corrected chi connectivity index (χ2v) is 2.96. The molecule has 1 unspecified atom stereocenters. The van der Waals surface area contributed by atoms with Gasteiger partial charge in [-0.25, -0.2) is 8.78 Å². The molecule has 1 nitrogen and oxygen atoms in total. The Bertz CT molecular complexity index is 83.7. The molecule has 1 atom stereocenters. The predicted octanol–water partition coefficient (Wildman–Crippen LogP) is 1.87. The molecule has 62 valence electrons. The van der Waals surface area contributed by atoms with Crippen LogP contribution in [-0.4, -0.2) is 13.0 Å². The zero-order chi connectivity index (χ0) is 8.15. The Morgan fingerprint density at radius 3 is 1.90 bits per heavy atom. The fourth-order valence-corrected chi connectivity index (χ4v) is 0.907. The van der Waals surface area contributed by atoms with Gasteiger partial charge in [0.2, 0.25) is 6.43 Å². The van der Waals surface area contributed by atoms with Gasteiger partial charge >= 0.3 is 0 Å². The van der Waals surface area contributed by atoms with Crippen molar-refractivity contribution in [3.63, 3.8) is 0 Å². The van der Waals surface area contributed by atoms with Gasteiger partial charge in [-0.1, -0.05) is 13.8 Å². The first kappa shape index (κ1) is 9.82. The number of hydrogen-bond acceptors (Lipinski definition) is 1. The third-order valence-corrected chi connectivity index (χ3v) is 1.43. The van der Waals surface area contributed by atoms with E-state index in [1.54, 1.807) is 0 Å². The first-order valence-corrected chi connectivity index (χ1v) is 3.56. The Kier molecular flexibility index (Phi) is 4.52. The normalized spacial score (nSPS) is 14.7. The van der Waals surface area contributed by atoms with E-state index in [0.717, 1.165) is 0 Å². The van der Waals surface area contributed by atoms with Gasteiger partial charge in [-0.3, -0.25) is 0 Å². The second-order valence-electron chi connectivity index (χ2n) is 2.96. The van der Waals surface area contributed by atoms with Gasteiger partial charge < -0.3 is 5.73 Å². The molecule has 0 aliphatic heterocycles. The van der Waals surface area contributed by atoms with E-state index in [-0.39, 0.29) is 6.54 Å². The third kappa shape index (κ3) is 3.77. The predicted molar refractivity (Wildman–Crippen MR) is 38.0 cm³/mol. The van der Waals surface area contributed by atoms with Gasteiger partial charge in [0.15, 0.2) is 0 Å². The Balaban J connectivity index is 3.60. The van der Waals surface area contributed by atoms with Crippen LogP contribution >= 0.6 is 0 Å². The molecule has 0 aliphatic carbocycles. The Labute approximate surface area is 60.6 Å². The van der Waals surface area contributed by atoms with Crippen molar-refractivity contribution >= 4 is 0 Å². The zero-order valence-corrected chi connectivity index (χ0v) is 6.48. The van der Waals surface area contributed by atoms with Crippen LogP contribution in [-0.2, 0) is 0 Å². The molecule has 10 heavy (non-hydrogen) atoms. The van der Waals surface area contributed by atoms with E-state index < -0.39 is 12.3 Å². The van der Waals surface area contributed by atoms with Crippen molar-refractivity contribution in [1.82, 2.24) is 0 Å². The fourth-order valence-electron chi connectivity index (χ4n) is 0.907. The van der Waals surface area contributed by atoms with Crippen LogP contribution < -0.4 is 5.73 Å². The monoisotopic (exact) mass is 151 g/mol. The van der Waals surface area contributed by atoms with Gasteiger partial charge in [-0.05, 0) is 12.3 Å². The summed E-state index contributed by atoms with van der Waals surface area (Å²) in [4.78, 5) is 0. The molecule has 0 aromatic heterocycles. The zero-order valence-electron chi connectivity index (χ0n) is 6.48. The van der Waals surface area contributed by atoms with E-state index in [1.807, 2.05) is 13.8 Å². The fraction of sp³-hybridized carbons (Fsp3) is 1.00. The minimum Gasteiger partial charge on any atom is -0.330 e. The van der Waals surface area contributed by atoms with E-state index >= 15 is 0 Å². The molecule has 0 saturated heterocycles. The molecule has 0 rings (SSSR count). The maximum absolute atomic E-state index is 12.0. The summed E-state index contributed by atoms with van der Waals surface area (Å²) in [7, 11) is 0. The van der Waals surface area contributed by atoms with Crippen molar-refractivity contribution in [2.24, 2.45) is 17.6 Å². The van der Waals surface area contributed by atoms with Crippen LogP contribution in [0.15, 0.2) is 0 Å². The third-order valence-electron chi connectivity index (χ3n) is 1.43.